The Kier molecular flexibility index (Phi) is 6.47. The average molecular weight is 394 g/mol. The van der Waals surface area contributed by atoms with E-state index in [9.17, 15) is 9.59 Å². The molecule has 19 heavy (non-hydrogen) atoms. The molecule has 0 saturated carbocycles. The zero-order valence-electron chi connectivity index (χ0n) is 10.3. The van der Waals surface area contributed by atoms with E-state index in [0.717, 1.165) is 14.5 Å². The smallest absolute Gasteiger partial charge is 0.304 e. The Labute approximate surface area is 128 Å². The van der Waals surface area contributed by atoms with Gasteiger partial charge >= 0.3 is 5.97 Å². The average Bonchev–Trinajstić information content (AvgIpc) is 2.29. The molecule has 0 heterocycles. The zero-order valence-corrected chi connectivity index (χ0v) is 13.5. The number of carbonyl (C=O) groups is 2. The Bertz CT molecular complexity index is 469. The SMILES string of the molecule is Cc1cc(Br)c(NC(=O)CNCCC(=O)O)c(Br)c1. The normalized spacial score (nSPS) is 10.3. The second kappa shape index (κ2) is 7.62. The van der Waals surface area contributed by atoms with Gasteiger partial charge in [0.15, 0.2) is 0 Å². The first-order chi connectivity index (χ1) is 8.90. The second-order valence-electron chi connectivity index (χ2n) is 3.97. The van der Waals surface area contributed by atoms with Crippen LogP contribution in [0.15, 0.2) is 21.1 Å². The van der Waals surface area contributed by atoms with Crippen LogP contribution in [-0.4, -0.2) is 30.1 Å². The summed E-state index contributed by atoms with van der Waals surface area (Å²) in [7, 11) is 0. The van der Waals surface area contributed by atoms with Gasteiger partial charge in [-0.15, -0.1) is 0 Å². The van der Waals surface area contributed by atoms with E-state index < -0.39 is 5.97 Å². The molecule has 1 aromatic rings. The fourth-order valence-corrected chi connectivity index (χ4v) is 3.01. The van der Waals surface area contributed by atoms with Crippen molar-refractivity contribution < 1.29 is 14.7 Å². The predicted molar refractivity (Wildman–Crippen MR) is 80.3 cm³/mol. The van der Waals surface area contributed by atoms with Crippen molar-refractivity contribution >= 4 is 49.4 Å². The number of nitrogens with one attached hydrogen (secondary N) is 2. The molecular formula is C12H14Br2N2O3. The maximum Gasteiger partial charge on any atom is 0.304 e. The first-order valence-electron chi connectivity index (χ1n) is 5.58. The summed E-state index contributed by atoms with van der Waals surface area (Å²) in [6.07, 6.45) is -0.00873. The molecule has 5 nitrogen and oxygen atoms in total. The highest BCUT2D eigenvalue weighted by Gasteiger charge is 2.10. The third kappa shape index (κ3) is 5.71. The Balaban J connectivity index is 2.51. The molecular weight excluding hydrogens is 380 g/mol. The fourth-order valence-electron chi connectivity index (χ4n) is 1.40. The third-order valence-electron chi connectivity index (χ3n) is 2.25. The van der Waals surface area contributed by atoms with Gasteiger partial charge in [0.25, 0.3) is 0 Å². The van der Waals surface area contributed by atoms with E-state index in [4.69, 9.17) is 5.11 Å². The van der Waals surface area contributed by atoms with Crippen molar-refractivity contribution in [2.24, 2.45) is 0 Å². The van der Waals surface area contributed by atoms with E-state index >= 15 is 0 Å². The summed E-state index contributed by atoms with van der Waals surface area (Å²) >= 11 is 6.77. The molecule has 0 spiro atoms. The number of anilines is 1. The van der Waals surface area contributed by atoms with Gasteiger partial charge in [-0.1, -0.05) is 0 Å². The van der Waals surface area contributed by atoms with E-state index in [1.807, 2.05) is 19.1 Å². The molecule has 0 atom stereocenters. The lowest BCUT2D eigenvalue weighted by atomic mass is 10.2. The molecule has 1 rings (SSSR count). The number of hydrogen-bond acceptors (Lipinski definition) is 3. The van der Waals surface area contributed by atoms with Crippen molar-refractivity contribution in [3.8, 4) is 0 Å². The minimum atomic E-state index is -0.892. The number of carboxylic acids is 1. The topological polar surface area (TPSA) is 78.4 Å². The van der Waals surface area contributed by atoms with Crippen LogP contribution in [0, 0.1) is 6.92 Å². The van der Waals surface area contributed by atoms with Gasteiger partial charge in [-0.25, -0.2) is 0 Å². The van der Waals surface area contributed by atoms with Crippen LogP contribution in [-0.2, 0) is 9.59 Å². The Morgan fingerprint density at radius 2 is 1.84 bits per heavy atom. The van der Waals surface area contributed by atoms with Gasteiger partial charge in [0.05, 0.1) is 18.7 Å². The minimum absolute atomic E-state index is 0.00873. The van der Waals surface area contributed by atoms with Gasteiger partial charge < -0.3 is 15.7 Å². The van der Waals surface area contributed by atoms with Crippen LogP contribution < -0.4 is 10.6 Å². The molecule has 0 aliphatic carbocycles. The number of aliphatic carboxylic acids is 1. The summed E-state index contributed by atoms with van der Waals surface area (Å²) in [6, 6.07) is 3.80. The molecule has 0 fully saturated rings. The van der Waals surface area contributed by atoms with Crippen molar-refractivity contribution in [2.45, 2.75) is 13.3 Å². The summed E-state index contributed by atoms with van der Waals surface area (Å²) in [5.74, 6) is -1.12. The lowest BCUT2D eigenvalue weighted by Crippen LogP contribution is -2.29. The number of halogens is 2. The number of aryl methyl sites for hydroxylation is 1. The first-order valence-corrected chi connectivity index (χ1v) is 7.16. The van der Waals surface area contributed by atoms with E-state index in [2.05, 4.69) is 42.5 Å². The third-order valence-corrected chi connectivity index (χ3v) is 3.50. The summed E-state index contributed by atoms with van der Waals surface area (Å²) in [4.78, 5) is 22.0. The zero-order chi connectivity index (χ0) is 14.4. The molecule has 0 aromatic heterocycles. The van der Waals surface area contributed by atoms with Gasteiger partial charge in [-0.05, 0) is 56.5 Å². The molecule has 104 valence electrons. The molecule has 1 aromatic carbocycles. The molecule has 0 bridgehead atoms. The summed E-state index contributed by atoms with van der Waals surface area (Å²) in [5, 5.41) is 14.0. The highest BCUT2D eigenvalue weighted by atomic mass is 79.9. The second-order valence-corrected chi connectivity index (χ2v) is 5.68. The molecule has 0 radical (unpaired) electrons. The van der Waals surface area contributed by atoms with E-state index in [0.29, 0.717) is 5.69 Å². The maximum absolute atomic E-state index is 11.7. The highest BCUT2D eigenvalue weighted by Crippen LogP contribution is 2.32. The Morgan fingerprint density at radius 1 is 1.26 bits per heavy atom. The number of carbonyl (C=O) groups excluding carboxylic acids is 1. The van der Waals surface area contributed by atoms with Gasteiger partial charge in [0.2, 0.25) is 5.91 Å². The molecule has 3 N–H and O–H groups in total. The number of benzene rings is 1. The van der Waals surface area contributed by atoms with Crippen LogP contribution in [0.5, 0.6) is 0 Å². The largest absolute Gasteiger partial charge is 0.481 e. The fraction of sp³-hybridized carbons (Fsp3) is 0.333. The lowest BCUT2D eigenvalue weighted by molar-refractivity contribution is -0.137. The standard InChI is InChI=1S/C12H14Br2N2O3/c1-7-4-8(13)12(9(14)5-7)16-10(17)6-15-3-2-11(18)19/h4-5,15H,2-3,6H2,1H3,(H,16,17)(H,18,19). The van der Waals surface area contributed by atoms with E-state index in [-0.39, 0.29) is 25.4 Å². The van der Waals surface area contributed by atoms with Gasteiger partial charge in [0.1, 0.15) is 0 Å². The van der Waals surface area contributed by atoms with Crippen LogP contribution in [0.1, 0.15) is 12.0 Å². The van der Waals surface area contributed by atoms with Gasteiger partial charge in [-0.2, -0.15) is 0 Å². The van der Waals surface area contributed by atoms with Crippen molar-refractivity contribution in [2.75, 3.05) is 18.4 Å². The van der Waals surface area contributed by atoms with E-state index in [1.165, 1.54) is 0 Å². The number of hydrogen-bond donors (Lipinski definition) is 3. The molecule has 0 unspecified atom stereocenters. The maximum atomic E-state index is 11.7. The van der Waals surface area contributed by atoms with Gasteiger partial charge in [0, 0.05) is 15.5 Å². The number of rotatable bonds is 6. The molecule has 0 aliphatic rings. The van der Waals surface area contributed by atoms with E-state index in [1.54, 1.807) is 0 Å². The summed E-state index contributed by atoms with van der Waals surface area (Å²) in [5.41, 5.74) is 1.73. The summed E-state index contributed by atoms with van der Waals surface area (Å²) in [6.45, 7) is 2.29. The Morgan fingerprint density at radius 3 is 2.37 bits per heavy atom. The van der Waals surface area contributed by atoms with Crippen LogP contribution in [0.4, 0.5) is 5.69 Å². The predicted octanol–water partition coefficient (Wildman–Crippen LogP) is 2.52. The minimum Gasteiger partial charge on any atom is -0.481 e. The van der Waals surface area contributed by atoms with Crippen LogP contribution >= 0.6 is 31.9 Å². The lowest BCUT2D eigenvalue weighted by Gasteiger charge is -2.11. The van der Waals surface area contributed by atoms with Crippen molar-refractivity contribution in [1.82, 2.24) is 5.32 Å². The van der Waals surface area contributed by atoms with Crippen molar-refractivity contribution in [1.29, 1.82) is 0 Å². The van der Waals surface area contributed by atoms with Crippen molar-refractivity contribution in [3.05, 3.63) is 26.6 Å². The molecule has 1 amide bonds. The molecule has 0 saturated heterocycles. The van der Waals surface area contributed by atoms with Crippen LogP contribution in [0.3, 0.4) is 0 Å². The number of carboxylic acid groups (broad SMARTS) is 1. The van der Waals surface area contributed by atoms with Crippen molar-refractivity contribution in [3.63, 3.8) is 0 Å². The first kappa shape index (κ1) is 16.1. The van der Waals surface area contributed by atoms with Crippen LogP contribution in [0.2, 0.25) is 0 Å². The highest BCUT2D eigenvalue weighted by molar-refractivity contribution is 9.11. The van der Waals surface area contributed by atoms with Crippen LogP contribution in [0.25, 0.3) is 0 Å². The Hall–Kier alpha value is -0.920. The molecule has 7 heteroatoms. The monoisotopic (exact) mass is 392 g/mol. The number of amides is 1. The molecule has 0 aliphatic heterocycles. The summed E-state index contributed by atoms with van der Waals surface area (Å²) < 4.78 is 1.58. The van der Waals surface area contributed by atoms with Gasteiger partial charge in [-0.3, -0.25) is 9.59 Å². The quantitative estimate of drug-likeness (QED) is 0.649.